The van der Waals surface area contributed by atoms with Crippen molar-refractivity contribution >= 4 is 15.9 Å². The van der Waals surface area contributed by atoms with Gasteiger partial charge in [-0.05, 0) is 36.0 Å². The molecule has 0 aromatic rings. The lowest BCUT2D eigenvalue weighted by molar-refractivity contribution is 0.0997. The smallest absolute Gasteiger partial charge is 0.00596 e. The van der Waals surface area contributed by atoms with Gasteiger partial charge in [-0.25, -0.2) is 0 Å². The molecule has 2 fully saturated rings. The lowest BCUT2D eigenvalue weighted by Gasteiger charge is -2.41. The quantitative estimate of drug-likeness (QED) is 0.422. The molecule has 0 N–H and O–H groups in total. The molecule has 2 aliphatic carbocycles. The van der Waals surface area contributed by atoms with Crippen molar-refractivity contribution in [2.24, 2.45) is 29.6 Å². The van der Waals surface area contributed by atoms with Gasteiger partial charge in [-0.1, -0.05) is 100 Å². The first-order valence-corrected chi connectivity index (χ1v) is 10.9. The Labute approximate surface area is 142 Å². The molecule has 2 saturated carbocycles. The van der Waals surface area contributed by atoms with Crippen molar-refractivity contribution in [2.75, 3.05) is 5.33 Å². The first kappa shape index (κ1) is 17.8. The number of alkyl halides is 1. The van der Waals surface area contributed by atoms with Crippen LogP contribution in [0, 0.1) is 29.6 Å². The van der Waals surface area contributed by atoms with Crippen molar-refractivity contribution in [3.8, 4) is 0 Å². The van der Waals surface area contributed by atoms with Gasteiger partial charge in [0.2, 0.25) is 0 Å². The Kier molecular flexibility index (Phi) is 8.13. The van der Waals surface area contributed by atoms with E-state index in [0.717, 1.165) is 29.6 Å². The molecule has 0 bridgehead atoms. The highest BCUT2D eigenvalue weighted by atomic mass is 79.9. The van der Waals surface area contributed by atoms with Crippen molar-refractivity contribution in [3.63, 3.8) is 0 Å². The third-order valence-corrected chi connectivity index (χ3v) is 7.64. The van der Waals surface area contributed by atoms with Crippen molar-refractivity contribution < 1.29 is 0 Å². The van der Waals surface area contributed by atoms with E-state index in [2.05, 4.69) is 29.8 Å². The van der Waals surface area contributed by atoms with E-state index in [1.54, 1.807) is 0 Å². The molecule has 124 valence electrons. The highest BCUT2D eigenvalue weighted by molar-refractivity contribution is 9.09. The van der Waals surface area contributed by atoms with Gasteiger partial charge in [0.15, 0.2) is 0 Å². The molecule has 3 unspecified atom stereocenters. The molecule has 21 heavy (non-hydrogen) atoms. The zero-order chi connectivity index (χ0) is 15.1. The Hall–Kier alpha value is 0.480. The SMILES string of the molecule is CCC(CBr)CC(C1CCCCC1)C(C)C1CCCCC1. The largest absolute Gasteiger partial charge is 0.0925 e. The fourth-order valence-electron chi connectivity index (χ4n) is 5.13. The molecule has 0 aliphatic heterocycles. The van der Waals surface area contributed by atoms with E-state index < -0.39 is 0 Å². The highest BCUT2D eigenvalue weighted by Crippen LogP contribution is 2.44. The molecule has 0 radical (unpaired) electrons. The molecule has 0 spiro atoms. The Morgan fingerprint density at radius 1 is 0.857 bits per heavy atom. The summed E-state index contributed by atoms with van der Waals surface area (Å²) in [5.74, 6) is 4.97. The van der Waals surface area contributed by atoms with Crippen LogP contribution < -0.4 is 0 Å². The second kappa shape index (κ2) is 9.58. The summed E-state index contributed by atoms with van der Waals surface area (Å²) in [4.78, 5) is 0. The fourth-order valence-corrected chi connectivity index (χ4v) is 5.85. The summed E-state index contributed by atoms with van der Waals surface area (Å²) in [6.07, 6.45) is 18.0. The summed E-state index contributed by atoms with van der Waals surface area (Å²) >= 11 is 3.77. The third-order valence-electron chi connectivity index (χ3n) is 6.73. The molecular formula is C20H37Br. The third kappa shape index (κ3) is 5.26. The standard InChI is InChI=1S/C20H37Br/c1-3-17(15-21)14-20(19-12-8-5-9-13-19)16(2)18-10-6-4-7-11-18/h16-20H,3-15H2,1-2H3. The first-order valence-electron chi connectivity index (χ1n) is 9.82. The molecule has 2 aliphatic rings. The fraction of sp³-hybridized carbons (Fsp3) is 1.00. The Morgan fingerprint density at radius 2 is 1.38 bits per heavy atom. The number of rotatable bonds is 7. The van der Waals surface area contributed by atoms with Crippen LogP contribution in [0.25, 0.3) is 0 Å². The van der Waals surface area contributed by atoms with Crippen LogP contribution >= 0.6 is 15.9 Å². The van der Waals surface area contributed by atoms with Gasteiger partial charge in [0.25, 0.3) is 0 Å². The van der Waals surface area contributed by atoms with E-state index in [9.17, 15) is 0 Å². The molecular weight excluding hydrogens is 320 g/mol. The van der Waals surface area contributed by atoms with Crippen molar-refractivity contribution in [2.45, 2.75) is 90.9 Å². The van der Waals surface area contributed by atoms with Crippen LogP contribution in [0.3, 0.4) is 0 Å². The maximum atomic E-state index is 3.77. The van der Waals surface area contributed by atoms with Crippen LogP contribution in [0.1, 0.15) is 90.9 Å². The van der Waals surface area contributed by atoms with Crippen LogP contribution in [-0.4, -0.2) is 5.33 Å². The lowest BCUT2D eigenvalue weighted by Crippen LogP contribution is -2.31. The predicted molar refractivity (Wildman–Crippen MR) is 98.0 cm³/mol. The maximum Gasteiger partial charge on any atom is 0.00596 e. The molecule has 0 aromatic carbocycles. The summed E-state index contributed by atoms with van der Waals surface area (Å²) in [6, 6.07) is 0. The van der Waals surface area contributed by atoms with Crippen LogP contribution in [-0.2, 0) is 0 Å². The molecule has 0 nitrogen and oxygen atoms in total. The second-order valence-corrected chi connectivity index (χ2v) is 8.63. The van der Waals surface area contributed by atoms with Crippen LogP contribution in [0.2, 0.25) is 0 Å². The second-order valence-electron chi connectivity index (χ2n) is 7.98. The minimum Gasteiger partial charge on any atom is -0.0925 e. The monoisotopic (exact) mass is 356 g/mol. The zero-order valence-electron chi connectivity index (χ0n) is 14.5. The summed E-state index contributed by atoms with van der Waals surface area (Å²) in [5.41, 5.74) is 0. The van der Waals surface area contributed by atoms with Gasteiger partial charge in [0, 0.05) is 5.33 Å². The summed E-state index contributed by atoms with van der Waals surface area (Å²) < 4.78 is 0. The van der Waals surface area contributed by atoms with Gasteiger partial charge in [0.05, 0.1) is 0 Å². The first-order chi connectivity index (χ1) is 10.3. The molecule has 1 heteroatoms. The van der Waals surface area contributed by atoms with Gasteiger partial charge in [0.1, 0.15) is 0 Å². The van der Waals surface area contributed by atoms with Crippen molar-refractivity contribution in [3.05, 3.63) is 0 Å². The number of hydrogen-bond acceptors (Lipinski definition) is 0. The van der Waals surface area contributed by atoms with E-state index in [1.807, 2.05) is 0 Å². The van der Waals surface area contributed by atoms with E-state index >= 15 is 0 Å². The maximum absolute atomic E-state index is 3.77. The van der Waals surface area contributed by atoms with Gasteiger partial charge >= 0.3 is 0 Å². The Morgan fingerprint density at radius 3 is 1.86 bits per heavy atom. The van der Waals surface area contributed by atoms with Gasteiger partial charge in [-0.15, -0.1) is 0 Å². The minimum absolute atomic E-state index is 0.906. The zero-order valence-corrected chi connectivity index (χ0v) is 16.0. The molecule has 0 amide bonds. The lowest BCUT2D eigenvalue weighted by atomic mass is 9.65. The molecule has 3 atom stereocenters. The summed E-state index contributed by atoms with van der Waals surface area (Å²) in [7, 11) is 0. The summed E-state index contributed by atoms with van der Waals surface area (Å²) in [6.45, 7) is 5.01. The highest BCUT2D eigenvalue weighted by Gasteiger charge is 2.34. The average Bonchev–Trinajstić information content (AvgIpc) is 2.57. The van der Waals surface area contributed by atoms with E-state index in [1.165, 1.54) is 82.4 Å². The Balaban J connectivity index is 2.01. The predicted octanol–water partition coefficient (Wildman–Crippen LogP) is 7.21. The van der Waals surface area contributed by atoms with Crippen molar-refractivity contribution in [1.29, 1.82) is 0 Å². The van der Waals surface area contributed by atoms with E-state index in [4.69, 9.17) is 0 Å². The number of hydrogen-bond donors (Lipinski definition) is 0. The van der Waals surface area contributed by atoms with Gasteiger partial charge < -0.3 is 0 Å². The molecule has 0 aromatic heterocycles. The van der Waals surface area contributed by atoms with Crippen LogP contribution in [0.15, 0.2) is 0 Å². The minimum atomic E-state index is 0.906. The topological polar surface area (TPSA) is 0 Å². The van der Waals surface area contributed by atoms with E-state index in [0.29, 0.717) is 0 Å². The Bertz CT molecular complexity index is 259. The van der Waals surface area contributed by atoms with Crippen molar-refractivity contribution in [1.82, 2.24) is 0 Å². The summed E-state index contributed by atoms with van der Waals surface area (Å²) in [5, 5.41) is 1.21. The van der Waals surface area contributed by atoms with Crippen LogP contribution in [0.4, 0.5) is 0 Å². The average molecular weight is 357 g/mol. The van der Waals surface area contributed by atoms with E-state index in [-0.39, 0.29) is 0 Å². The molecule has 0 saturated heterocycles. The normalized spacial score (nSPS) is 26.4. The molecule has 2 rings (SSSR count). The number of halogens is 1. The molecule has 0 heterocycles. The van der Waals surface area contributed by atoms with Gasteiger partial charge in [-0.2, -0.15) is 0 Å². The van der Waals surface area contributed by atoms with Gasteiger partial charge in [-0.3, -0.25) is 0 Å². The van der Waals surface area contributed by atoms with Crippen LogP contribution in [0.5, 0.6) is 0 Å².